The Bertz CT molecular complexity index is 689. The highest BCUT2D eigenvalue weighted by molar-refractivity contribution is 5.93. The number of rotatable bonds is 12. The van der Waals surface area contributed by atoms with Gasteiger partial charge in [-0.15, -0.1) is 0 Å². The van der Waals surface area contributed by atoms with Gasteiger partial charge in [0.1, 0.15) is 6.04 Å². The van der Waals surface area contributed by atoms with Crippen LogP contribution in [0.4, 0.5) is 0 Å². The Hall–Kier alpha value is -2.74. The first kappa shape index (κ1) is 24.3. The highest BCUT2D eigenvalue weighted by Gasteiger charge is 2.22. The molecule has 0 aromatic heterocycles. The van der Waals surface area contributed by atoms with Crippen LogP contribution in [-0.2, 0) is 25.6 Å². The predicted octanol–water partition coefficient (Wildman–Crippen LogP) is 0.169. The second kappa shape index (κ2) is 12.7. The van der Waals surface area contributed by atoms with E-state index in [1.807, 2.05) is 44.2 Å². The molecule has 0 saturated heterocycles. The first-order valence-electron chi connectivity index (χ1n) is 9.82. The minimum absolute atomic E-state index is 0.0880. The highest BCUT2D eigenvalue weighted by atomic mass is 16.2. The van der Waals surface area contributed by atoms with Crippen LogP contribution in [0.5, 0.6) is 0 Å². The van der Waals surface area contributed by atoms with E-state index < -0.39 is 17.9 Å². The number of amides is 3. The summed E-state index contributed by atoms with van der Waals surface area (Å²) in [4.78, 5) is 48.3. The second-order valence-electron chi connectivity index (χ2n) is 7.46. The lowest BCUT2D eigenvalue weighted by Crippen LogP contribution is -2.52. The number of benzene rings is 1. The summed E-state index contributed by atoms with van der Waals surface area (Å²) in [7, 11) is 0. The van der Waals surface area contributed by atoms with Crippen LogP contribution in [0.3, 0.4) is 0 Å². The van der Waals surface area contributed by atoms with Crippen molar-refractivity contribution < 1.29 is 19.2 Å². The molecule has 0 saturated carbocycles. The average Bonchev–Trinajstić information content (AvgIpc) is 2.68. The maximum Gasteiger partial charge on any atom is 0.243 e. The number of hydrogen-bond donors (Lipinski definition) is 4. The van der Waals surface area contributed by atoms with E-state index in [-0.39, 0.29) is 49.7 Å². The van der Waals surface area contributed by atoms with E-state index >= 15 is 0 Å². The maximum absolute atomic E-state index is 12.6. The molecule has 3 amide bonds. The van der Waals surface area contributed by atoms with Gasteiger partial charge >= 0.3 is 0 Å². The van der Waals surface area contributed by atoms with Crippen LogP contribution in [0.2, 0.25) is 0 Å². The van der Waals surface area contributed by atoms with Crippen LogP contribution in [0.1, 0.15) is 33.3 Å². The monoisotopic (exact) mass is 404 g/mol. The van der Waals surface area contributed by atoms with Crippen molar-refractivity contribution in [1.82, 2.24) is 21.3 Å². The topological polar surface area (TPSA) is 116 Å². The molecular formula is C21H32N4O4. The molecule has 0 aliphatic rings. The number of carbonyl (C=O) groups excluding carboxylic acids is 4. The SMILES string of the molecule is CC(C)NCC(=O)NCC(=O)N[C@@H](Cc1ccccc1)C(=O)NCC(=O)C(C)C. The normalized spacial score (nSPS) is 11.8. The van der Waals surface area contributed by atoms with Gasteiger partial charge in [-0.1, -0.05) is 58.0 Å². The number of Topliss-reactive ketones (excluding diaryl/α,β-unsaturated/α-hetero) is 1. The molecule has 4 N–H and O–H groups in total. The van der Waals surface area contributed by atoms with E-state index in [0.29, 0.717) is 0 Å². The number of hydrogen-bond acceptors (Lipinski definition) is 5. The molecule has 8 heteroatoms. The van der Waals surface area contributed by atoms with E-state index in [1.54, 1.807) is 13.8 Å². The van der Waals surface area contributed by atoms with Gasteiger partial charge in [0.05, 0.1) is 19.6 Å². The minimum atomic E-state index is -0.851. The number of ketones is 1. The van der Waals surface area contributed by atoms with Crippen molar-refractivity contribution >= 4 is 23.5 Å². The molecule has 0 aliphatic carbocycles. The Morgan fingerprint density at radius 1 is 0.828 bits per heavy atom. The summed E-state index contributed by atoms with van der Waals surface area (Å²) in [5.74, 6) is -1.50. The zero-order chi connectivity index (χ0) is 21.8. The van der Waals surface area contributed by atoms with Gasteiger partial charge in [0.15, 0.2) is 5.78 Å². The lowest BCUT2D eigenvalue weighted by atomic mass is 10.0. The van der Waals surface area contributed by atoms with Gasteiger partial charge in [-0.05, 0) is 5.56 Å². The molecule has 1 atom stereocenters. The van der Waals surface area contributed by atoms with Crippen molar-refractivity contribution in [3.63, 3.8) is 0 Å². The third kappa shape index (κ3) is 10.4. The van der Waals surface area contributed by atoms with Crippen LogP contribution in [-0.4, -0.2) is 55.2 Å². The lowest BCUT2D eigenvalue weighted by Gasteiger charge is -2.19. The summed E-state index contributed by atoms with van der Waals surface area (Å²) in [5.41, 5.74) is 0.869. The fourth-order valence-corrected chi connectivity index (χ4v) is 2.34. The van der Waals surface area contributed by atoms with Crippen molar-refractivity contribution in [2.45, 2.75) is 46.2 Å². The molecule has 0 fully saturated rings. The molecule has 160 valence electrons. The fourth-order valence-electron chi connectivity index (χ4n) is 2.34. The summed E-state index contributed by atoms with van der Waals surface area (Å²) < 4.78 is 0. The molecule has 1 rings (SSSR count). The van der Waals surface area contributed by atoms with E-state index in [1.165, 1.54) is 0 Å². The zero-order valence-electron chi connectivity index (χ0n) is 17.6. The molecule has 29 heavy (non-hydrogen) atoms. The summed E-state index contributed by atoms with van der Waals surface area (Å²) in [6.45, 7) is 7.13. The van der Waals surface area contributed by atoms with Crippen molar-refractivity contribution in [1.29, 1.82) is 0 Å². The quantitative estimate of drug-likeness (QED) is 0.396. The third-order valence-corrected chi connectivity index (χ3v) is 4.13. The summed E-state index contributed by atoms with van der Waals surface area (Å²) in [6, 6.07) is 8.56. The van der Waals surface area contributed by atoms with E-state index in [0.717, 1.165) is 5.56 Å². The van der Waals surface area contributed by atoms with Crippen LogP contribution in [0.15, 0.2) is 30.3 Å². The van der Waals surface area contributed by atoms with E-state index in [4.69, 9.17) is 0 Å². The molecule has 1 aromatic rings. The zero-order valence-corrected chi connectivity index (χ0v) is 17.6. The van der Waals surface area contributed by atoms with Crippen molar-refractivity contribution in [3.05, 3.63) is 35.9 Å². The van der Waals surface area contributed by atoms with Gasteiger partial charge in [-0.25, -0.2) is 0 Å². The van der Waals surface area contributed by atoms with Crippen molar-refractivity contribution in [3.8, 4) is 0 Å². The Balaban J connectivity index is 2.65. The van der Waals surface area contributed by atoms with E-state index in [2.05, 4.69) is 21.3 Å². The first-order chi connectivity index (χ1) is 13.7. The third-order valence-electron chi connectivity index (χ3n) is 4.13. The Kier molecular flexibility index (Phi) is 10.6. The Morgan fingerprint density at radius 2 is 1.48 bits per heavy atom. The smallest absolute Gasteiger partial charge is 0.243 e. The van der Waals surface area contributed by atoms with Crippen LogP contribution in [0, 0.1) is 5.92 Å². The summed E-state index contributed by atoms with van der Waals surface area (Å²) in [6.07, 6.45) is 0.275. The first-order valence-corrected chi connectivity index (χ1v) is 9.82. The van der Waals surface area contributed by atoms with Gasteiger partial charge in [0.25, 0.3) is 0 Å². The average molecular weight is 405 g/mol. The predicted molar refractivity (Wildman–Crippen MR) is 111 cm³/mol. The minimum Gasteiger partial charge on any atom is -0.347 e. The van der Waals surface area contributed by atoms with E-state index in [9.17, 15) is 19.2 Å². The molecule has 0 spiro atoms. The summed E-state index contributed by atoms with van der Waals surface area (Å²) in [5, 5.41) is 10.7. The summed E-state index contributed by atoms with van der Waals surface area (Å²) >= 11 is 0. The van der Waals surface area contributed by atoms with Gasteiger partial charge in [0, 0.05) is 18.4 Å². The molecule has 0 heterocycles. The highest BCUT2D eigenvalue weighted by Crippen LogP contribution is 2.04. The number of carbonyl (C=O) groups is 4. The molecular weight excluding hydrogens is 372 g/mol. The van der Waals surface area contributed by atoms with Gasteiger partial charge in [-0.2, -0.15) is 0 Å². The van der Waals surface area contributed by atoms with Crippen molar-refractivity contribution in [2.75, 3.05) is 19.6 Å². The van der Waals surface area contributed by atoms with Gasteiger partial charge in [0.2, 0.25) is 17.7 Å². The fraction of sp³-hybridized carbons (Fsp3) is 0.524. The standard InChI is InChI=1S/C21H32N4O4/c1-14(2)18(26)11-24-21(29)17(10-16-8-6-5-7-9-16)25-20(28)13-23-19(27)12-22-15(3)4/h5-9,14-15,17,22H,10-13H2,1-4H3,(H,23,27)(H,24,29)(H,25,28)/t17-/m0/s1. The van der Waals surface area contributed by atoms with Crippen LogP contribution < -0.4 is 21.3 Å². The van der Waals surface area contributed by atoms with Crippen LogP contribution in [0.25, 0.3) is 0 Å². The number of nitrogens with one attached hydrogen (secondary N) is 4. The Labute approximate surface area is 172 Å². The molecule has 0 bridgehead atoms. The van der Waals surface area contributed by atoms with Gasteiger partial charge < -0.3 is 21.3 Å². The van der Waals surface area contributed by atoms with Crippen LogP contribution >= 0.6 is 0 Å². The molecule has 1 aromatic carbocycles. The largest absolute Gasteiger partial charge is 0.347 e. The maximum atomic E-state index is 12.6. The van der Waals surface area contributed by atoms with Gasteiger partial charge in [-0.3, -0.25) is 19.2 Å². The molecule has 0 radical (unpaired) electrons. The Morgan fingerprint density at radius 3 is 2.07 bits per heavy atom. The van der Waals surface area contributed by atoms with Crippen molar-refractivity contribution in [2.24, 2.45) is 5.92 Å². The lowest BCUT2D eigenvalue weighted by molar-refractivity contribution is -0.131. The molecule has 0 aliphatic heterocycles. The molecule has 0 unspecified atom stereocenters. The molecule has 8 nitrogen and oxygen atoms in total. The second-order valence-corrected chi connectivity index (χ2v) is 7.46.